The van der Waals surface area contributed by atoms with Gasteiger partial charge in [-0.3, -0.25) is 0 Å². The van der Waals surface area contributed by atoms with Crippen LogP contribution < -0.4 is 10.6 Å². The molecule has 1 unspecified atom stereocenters. The van der Waals surface area contributed by atoms with Gasteiger partial charge in [0.2, 0.25) is 0 Å². The number of aliphatic carboxylic acids is 1. The van der Waals surface area contributed by atoms with Gasteiger partial charge >= 0.3 is 12.0 Å². The van der Waals surface area contributed by atoms with Gasteiger partial charge in [0.05, 0.1) is 0 Å². The molecular weight excluding hydrogens is 244 g/mol. The predicted molar refractivity (Wildman–Crippen MR) is 74.3 cm³/mol. The van der Waals surface area contributed by atoms with Gasteiger partial charge < -0.3 is 15.7 Å². The lowest BCUT2D eigenvalue weighted by Crippen LogP contribution is -2.46. The summed E-state index contributed by atoms with van der Waals surface area (Å²) in [7, 11) is 0. The topological polar surface area (TPSA) is 78.4 Å². The third kappa shape index (κ3) is 4.28. The first-order chi connectivity index (χ1) is 8.81. The van der Waals surface area contributed by atoms with Gasteiger partial charge in [0.25, 0.3) is 0 Å². The summed E-state index contributed by atoms with van der Waals surface area (Å²) < 4.78 is 0. The Bertz CT molecular complexity index is 484. The molecule has 0 fully saturated rings. The van der Waals surface area contributed by atoms with Crippen molar-refractivity contribution >= 4 is 17.7 Å². The first-order valence-corrected chi connectivity index (χ1v) is 6.19. The lowest BCUT2D eigenvalue weighted by atomic mass is 10.1. The zero-order chi connectivity index (χ0) is 14.6. The van der Waals surface area contributed by atoms with E-state index in [-0.39, 0.29) is 5.92 Å². The number of anilines is 1. The van der Waals surface area contributed by atoms with E-state index in [9.17, 15) is 9.59 Å². The van der Waals surface area contributed by atoms with E-state index in [0.717, 1.165) is 11.1 Å². The molecule has 1 aromatic carbocycles. The summed E-state index contributed by atoms with van der Waals surface area (Å²) in [6, 6.07) is 4.13. The van der Waals surface area contributed by atoms with E-state index >= 15 is 0 Å². The van der Waals surface area contributed by atoms with E-state index in [1.807, 2.05) is 26.0 Å². The van der Waals surface area contributed by atoms with Gasteiger partial charge in [-0.15, -0.1) is 0 Å². The van der Waals surface area contributed by atoms with Crippen LogP contribution in [0, 0.1) is 19.8 Å². The van der Waals surface area contributed by atoms with Crippen LogP contribution in [0.15, 0.2) is 18.2 Å². The van der Waals surface area contributed by atoms with Crippen LogP contribution in [0.25, 0.3) is 0 Å². The minimum atomic E-state index is -1.04. The quantitative estimate of drug-likeness (QED) is 0.782. The molecule has 0 aliphatic heterocycles. The Morgan fingerprint density at radius 3 is 2.26 bits per heavy atom. The Hall–Kier alpha value is -2.04. The molecule has 19 heavy (non-hydrogen) atoms. The van der Waals surface area contributed by atoms with E-state index in [1.165, 1.54) is 0 Å². The lowest BCUT2D eigenvalue weighted by Gasteiger charge is -2.18. The minimum absolute atomic E-state index is 0.178. The standard InChI is InChI=1S/C14H20N2O3/c1-8(2)12(13(17)18)16-14(19)15-11-6-5-9(3)10(4)7-11/h5-8,12H,1-4H3,(H,17,18)(H2,15,16,19). The van der Waals surface area contributed by atoms with Gasteiger partial charge in [-0.1, -0.05) is 19.9 Å². The second-order valence-electron chi connectivity index (χ2n) is 4.96. The number of carboxylic acid groups (broad SMARTS) is 1. The molecule has 0 bridgehead atoms. The average Bonchev–Trinajstić information content (AvgIpc) is 2.30. The molecule has 1 rings (SSSR count). The predicted octanol–water partition coefficient (Wildman–Crippen LogP) is 2.53. The average molecular weight is 264 g/mol. The van der Waals surface area contributed by atoms with Crippen LogP contribution in [-0.4, -0.2) is 23.1 Å². The summed E-state index contributed by atoms with van der Waals surface area (Å²) in [6.45, 7) is 7.43. The molecule has 0 spiro atoms. The van der Waals surface area contributed by atoms with Gasteiger partial charge in [-0.25, -0.2) is 9.59 Å². The molecule has 0 saturated carbocycles. The summed E-state index contributed by atoms with van der Waals surface area (Å²) in [5.74, 6) is -1.21. The Labute approximate surface area is 113 Å². The maximum absolute atomic E-state index is 11.7. The summed E-state index contributed by atoms with van der Waals surface area (Å²) in [5, 5.41) is 14.1. The van der Waals surface area contributed by atoms with Crippen molar-refractivity contribution in [1.29, 1.82) is 0 Å². The van der Waals surface area contributed by atoms with E-state index in [0.29, 0.717) is 5.69 Å². The number of hydrogen-bond donors (Lipinski definition) is 3. The molecule has 1 atom stereocenters. The van der Waals surface area contributed by atoms with E-state index in [2.05, 4.69) is 10.6 Å². The highest BCUT2D eigenvalue weighted by molar-refractivity contribution is 5.92. The smallest absolute Gasteiger partial charge is 0.326 e. The van der Waals surface area contributed by atoms with Crippen molar-refractivity contribution in [3.05, 3.63) is 29.3 Å². The molecule has 0 heterocycles. The van der Waals surface area contributed by atoms with Crippen molar-refractivity contribution in [3.63, 3.8) is 0 Å². The third-order valence-corrected chi connectivity index (χ3v) is 2.98. The number of hydrogen-bond acceptors (Lipinski definition) is 2. The highest BCUT2D eigenvalue weighted by Gasteiger charge is 2.23. The normalized spacial score (nSPS) is 12.1. The second kappa shape index (κ2) is 6.22. The van der Waals surface area contributed by atoms with Gasteiger partial charge in [0.1, 0.15) is 6.04 Å². The molecule has 5 heteroatoms. The number of carbonyl (C=O) groups is 2. The molecule has 0 aromatic heterocycles. The zero-order valence-electron chi connectivity index (χ0n) is 11.7. The number of benzene rings is 1. The van der Waals surface area contributed by atoms with Crippen molar-refractivity contribution in [2.24, 2.45) is 5.92 Å². The van der Waals surface area contributed by atoms with Gasteiger partial charge in [-0.2, -0.15) is 0 Å². The van der Waals surface area contributed by atoms with Crippen molar-refractivity contribution in [1.82, 2.24) is 5.32 Å². The van der Waals surface area contributed by atoms with Crippen molar-refractivity contribution in [2.45, 2.75) is 33.7 Å². The van der Waals surface area contributed by atoms with Crippen molar-refractivity contribution in [3.8, 4) is 0 Å². The molecule has 0 aliphatic rings. The fraction of sp³-hybridized carbons (Fsp3) is 0.429. The molecule has 104 valence electrons. The second-order valence-corrected chi connectivity index (χ2v) is 4.96. The van der Waals surface area contributed by atoms with Gasteiger partial charge in [0.15, 0.2) is 0 Å². The van der Waals surface area contributed by atoms with Crippen LogP contribution in [0.1, 0.15) is 25.0 Å². The van der Waals surface area contributed by atoms with E-state index in [1.54, 1.807) is 19.9 Å². The van der Waals surface area contributed by atoms with E-state index < -0.39 is 18.0 Å². The van der Waals surface area contributed by atoms with Gasteiger partial charge in [0, 0.05) is 5.69 Å². The zero-order valence-corrected chi connectivity index (χ0v) is 11.7. The molecule has 0 radical (unpaired) electrons. The van der Waals surface area contributed by atoms with Crippen LogP contribution in [0.4, 0.5) is 10.5 Å². The SMILES string of the molecule is Cc1ccc(NC(=O)NC(C(=O)O)C(C)C)cc1C. The fourth-order valence-corrected chi connectivity index (χ4v) is 1.64. The molecule has 3 N–H and O–H groups in total. The molecule has 5 nitrogen and oxygen atoms in total. The first kappa shape index (κ1) is 15.0. The lowest BCUT2D eigenvalue weighted by molar-refractivity contribution is -0.140. The molecule has 2 amide bonds. The maximum atomic E-state index is 11.7. The van der Waals surface area contributed by atoms with Crippen molar-refractivity contribution in [2.75, 3.05) is 5.32 Å². The van der Waals surface area contributed by atoms with Crippen LogP contribution in [0.3, 0.4) is 0 Å². The van der Waals surface area contributed by atoms with Crippen LogP contribution in [0.5, 0.6) is 0 Å². The Morgan fingerprint density at radius 2 is 1.79 bits per heavy atom. The van der Waals surface area contributed by atoms with E-state index in [4.69, 9.17) is 5.11 Å². The Morgan fingerprint density at radius 1 is 1.16 bits per heavy atom. The summed E-state index contributed by atoms with van der Waals surface area (Å²) in [6.07, 6.45) is 0. The number of aryl methyl sites for hydroxylation is 2. The summed E-state index contributed by atoms with van der Waals surface area (Å²) in [5.41, 5.74) is 2.85. The Kier molecular flexibility index (Phi) is 4.92. The van der Waals surface area contributed by atoms with Crippen LogP contribution in [-0.2, 0) is 4.79 Å². The summed E-state index contributed by atoms with van der Waals surface area (Å²) >= 11 is 0. The number of rotatable bonds is 4. The number of carbonyl (C=O) groups excluding carboxylic acids is 1. The molecular formula is C14H20N2O3. The van der Waals surface area contributed by atoms with Crippen LogP contribution >= 0.6 is 0 Å². The molecule has 0 aliphatic carbocycles. The fourth-order valence-electron chi connectivity index (χ4n) is 1.64. The number of amides is 2. The number of carboxylic acids is 1. The number of nitrogens with one attached hydrogen (secondary N) is 2. The third-order valence-electron chi connectivity index (χ3n) is 2.98. The van der Waals surface area contributed by atoms with Gasteiger partial charge in [-0.05, 0) is 43.0 Å². The molecule has 0 saturated heterocycles. The summed E-state index contributed by atoms with van der Waals surface area (Å²) in [4.78, 5) is 22.7. The number of urea groups is 1. The van der Waals surface area contributed by atoms with Crippen LogP contribution in [0.2, 0.25) is 0 Å². The largest absolute Gasteiger partial charge is 0.480 e. The Balaban J connectivity index is 2.69. The monoisotopic (exact) mass is 264 g/mol. The highest BCUT2D eigenvalue weighted by atomic mass is 16.4. The van der Waals surface area contributed by atoms with Crippen molar-refractivity contribution < 1.29 is 14.7 Å². The first-order valence-electron chi connectivity index (χ1n) is 6.19. The minimum Gasteiger partial charge on any atom is -0.480 e. The maximum Gasteiger partial charge on any atom is 0.326 e. The highest BCUT2D eigenvalue weighted by Crippen LogP contribution is 2.14. The molecule has 1 aromatic rings.